The molecule has 0 radical (unpaired) electrons. The molecular weight excluding hydrogens is 307 g/mol. The van der Waals surface area contributed by atoms with Crippen LogP contribution in [0.3, 0.4) is 0 Å². The van der Waals surface area contributed by atoms with Crippen molar-refractivity contribution in [3.63, 3.8) is 0 Å². The lowest BCUT2D eigenvalue weighted by atomic mass is 10.3. The highest BCUT2D eigenvalue weighted by atomic mass is 79.9. The number of alkyl halides is 3. The molecule has 90 valence electrons. The van der Waals surface area contributed by atoms with E-state index in [9.17, 15) is 18.0 Å². The zero-order chi connectivity index (χ0) is 12.2. The van der Waals surface area contributed by atoms with Crippen molar-refractivity contribution in [3.05, 3.63) is 20.8 Å². The van der Waals surface area contributed by atoms with Crippen LogP contribution in [0, 0.1) is 0 Å². The number of hydrogen-bond donors (Lipinski definition) is 1. The van der Waals surface area contributed by atoms with E-state index in [1.54, 1.807) is 6.07 Å². The van der Waals surface area contributed by atoms with E-state index >= 15 is 0 Å². The fraction of sp³-hybridized carbons (Fsp3) is 0.444. The monoisotopic (exact) mass is 315 g/mol. The van der Waals surface area contributed by atoms with Crippen molar-refractivity contribution in [1.82, 2.24) is 5.32 Å². The lowest BCUT2D eigenvalue weighted by molar-refractivity contribution is -0.144. The molecule has 1 heterocycles. The second-order valence-electron chi connectivity index (χ2n) is 3.10. The maximum absolute atomic E-state index is 11.8. The third-order valence-electron chi connectivity index (χ3n) is 1.72. The van der Waals surface area contributed by atoms with Crippen LogP contribution in [0.2, 0.25) is 0 Å². The molecule has 2 nitrogen and oxygen atoms in total. The van der Waals surface area contributed by atoms with Crippen molar-refractivity contribution in [2.24, 2.45) is 0 Å². The van der Waals surface area contributed by atoms with Crippen LogP contribution in [0.4, 0.5) is 13.2 Å². The molecule has 0 spiro atoms. The number of rotatable bonds is 4. The Bertz CT molecular complexity index is 364. The SMILES string of the molecule is O=C(CCC(F)(F)F)NCc1ccc(Br)s1. The lowest BCUT2D eigenvalue weighted by Gasteiger charge is -2.06. The number of thiophene rings is 1. The molecule has 7 heteroatoms. The number of hydrogen-bond acceptors (Lipinski definition) is 2. The Morgan fingerprint density at radius 2 is 2.12 bits per heavy atom. The first-order valence-electron chi connectivity index (χ1n) is 4.44. The number of nitrogens with one attached hydrogen (secondary N) is 1. The molecule has 0 bridgehead atoms. The van der Waals surface area contributed by atoms with E-state index in [1.807, 2.05) is 6.07 Å². The molecule has 0 aliphatic rings. The van der Waals surface area contributed by atoms with Crippen LogP contribution < -0.4 is 5.32 Å². The molecule has 1 N–H and O–H groups in total. The van der Waals surface area contributed by atoms with E-state index in [2.05, 4.69) is 21.2 Å². The molecule has 0 atom stereocenters. The van der Waals surface area contributed by atoms with E-state index < -0.39 is 24.9 Å². The second kappa shape index (κ2) is 5.67. The van der Waals surface area contributed by atoms with Gasteiger partial charge in [0.05, 0.1) is 16.8 Å². The van der Waals surface area contributed by atoms with Crippen LogP contribution in [0.25, 0.3) is 0 Å². The van der Waals surface area contributed by atoms with Crippen molar-refractivity contribution in [2.45, 2.75) is 25.6 Å². The van der Waals surface area contributed by atoms with E-state index in [-0.39, 0.29) is 6.54 Å². The van der Waals surface area contributed by atoms with Crippen LogP contribution >= 0.6 is 27.3 Å². The third kappa shape index (κ3) is 5.50. The summed E-state index contributed by atoms with van der Waals surface area (Å²) in [6.45, 7) is 0.271. The maximum atomic E-state index is 11.8. The first-order valence-corrected chi connectivity index (χ1v) is 6.05. The highest BCUT2D eigenvalue weighted by Gasteiger charge is 2.27. The van der Waals surface area contributed by atoms with Crippen LogP contribution in [-0.4, -0.2) is 12.1 Å². The summed E-state index contributed by atoms with van der Waals surface area (Å²) in [7, 11) is 0. The molecular formula is C9H9BrF3NOS. The Labute approximate surface area is 103 Å². The second-order valence-corrected chi connectivity index (χ2v) is 5.65. The van der Waals surface area contributed by atoms with Gasteiger partial charge in [0.15, 0.2) is 0 Å². The van der Waals surface area contributed by atoms with Crippen LogP contribution in [0.1, 0.15) is 17.7 Å². The molecule has 0 saturated carbocycles. The highest BCUT2D eigenvalue weighted by molar-refractivity contribution is 9.11. The van der Waals surface area contributed by atoms with Crippen LogP contribution in [0.5, 0.6) is 0 Å². The van der Waals surface area contributed by atoms with Crippen LogP contribution in [-0.2, 0) is 11.3 Å². The van der Waals surface area contributed by atoms with Gasteiger partial charge in [0.2, 0.25) is 5.91 Å². The van der Waals surface area contributed by atoms with Gasteiger partial charge in [0, 0.05) is 11.3 Å². The van der Waals surface area contributed by atoms with Gasteiger partial charge in [0.1, 0.15) is 0 Å². The Hall–Kier alpha value is -0.560. The Morgan fingerprint density at radius 3 is 2.62 bits per heavy atom. The van der Waals surface area contributed by atoms with Crippen molar-refractivity contribution < 1.29 is 18.0 Å². The van der Waals surface area contributed by atoms with Crippen molar-refractivity contribution >= 4 is 33.2 Å². The summed E-state index contributed by atoms with van der Waals surface area (Å²) in [6.07, 6.45) is -5.87. The van der Waals surface area contributed by atoms with E-state index in [1.165, 1.54) is 11.3 Å². The first-order chi connectivity index (χ1) is 7.37. The molecule has 1 amide bonds. The topological polar surface area (TPSA) is 29.1 Å². The molecule has 0 unspecified atom stereocenters. The van der Waals surface area contributed by atoms with Gasteiger partial charge in [-0.3, -0.25) is 4.79 Å². The standard InChI is InChI=1S/C9H9BrF3NOS/c10-7-2-1-6(16-7)5-14-8(15)3-4-9(11,12)13/h1-2H,3-5H2,(H,14,15). The average molecular weight is 316 g/mol. The van der Waals surface area contributed by atoms with Crippen molar-refractivity contribution in [2.75, 3.05) is 0 Å². The number of carbonyl (C=O) groups is 1. The summed E-state index contributed by atoms with van der Waals surface area (Å²) in [5, 5.41) is 2.44. The normalized spacial score (nSPS) is 11.5. The van der Waals surface area contributed by atoms with Crippen molar-refractivity contribution in [1.29, 1.82) is 0 Å². The van der Waals surface area contributed by atoms with Gasteiger partial charge in [-0.25, -0.2) is 0 Å². The minimum absolute atomic E-state index is 0.271. The number of halogens is 4. The van der Waals surface area contributed by atoms with Gasteiger partial charge >= 0.3 is 6.18 Å². The summed E-state index contributed by atoms with van der Waals surface area (Å²) in [6, 6.07) is 3.63. The first kappa shape index (κ1) is 13.5. The zero-order valence-corrected chi connectivity index (χ0v) is 10.5. The lowest BCUT2D eigenvalue weighted by Crippen LogP contribution is -2.24. The summed E-state index contributed by atoms with van der Waals surface area (Å²) in [4.78, 5) is 11.9. The summed E-state index contributed by atoms with van der Waals surface area (Å²) >= 11 is 4.69. The van der Waals surface area contributed by atoms with Gasteiger partial charge in [0.25, 0.3) is 0 Å². The number of carbonyl (C=O) groups excluding carboxylic acids is 1. The zero-order valence-electron chi connectivity index (χ0n) is 8.10. The van der Waals surface area contributed by atoms with Gasteiger partial charge in [-0.1, -0.05) is 0 Å². The Kier molecular flexibility index (Phi) is 4.79. The maximum Gasteiger partial charge on any atom is 0.389 e. The summed E-state index contributed by atoms with van der Waals surface area (Å²) in [5.74, 6) is -0.582. The largest absolute Gasteiger partial charge is 0.389 e. The minimum atomic E-state index is -4.27. The number of amides is 1. The van der Waals surface area contributed by atoms with E-state index in [0.29, 0.717) is 0 Å². The molecule has 16 heavy (non-hydrogen) atoms. The molecule has 0 saturated heterocycles. The summed E-state index contributed by atoms with van der Waals surface area (Å²) < 4.78 is 36.3. The molecule has 1 aromatic heterocycles. The quantitative estimate of drug-likeness (QED) is 0.905. The fourth-order valence-corrected chi connectivity index (χ4v) is 2.40. The van der Waals surface area contributed by atoms with Gasteiger partial charge in [-0.2, -0.15) is 13.2 Å². The molecule has 1 aromatic rings. The predicted octanol–water partition coefficient (Wildman–Crippen LogP) is 3.47. The van der Waals surface area contributed by atoms with E-state index in [4.69, 9.17) is 0 Å². The van der Waals surface area contributed by atoms with Gasteiger partial charge < -0.3 is 5.32 Å². The van der Waals surface area contributed by atoms with Gasteiger partial charge in [-0.15, -0.1) is 11.3 Å². The smallest absolute Gasteiger partial charge is 0.351 e. The van der Waals surface area contributed by atoms with Gasteiger partial charge in [-0.05, 0) is 28.1 Å². The molecule has 0 aliphatic heterocycles. The minimum Gasteiger partial charge on any atom is -0.351 e. The third-order valence-corrected chi connectivity index (χ3v) is 3.35. The molecule has 0 aromatic carbocycles. The molecule has 1 rings (SSSR count). The fourth-order valence-electron chi connectivity index (χ4n) is 0.976. The Balaban J connectivity index is 2.25. The summed E-state index contributed by atoms with van der Waals surface area (Å²) in [5.41, 5.74) is 0. The predicted molar refractivity (Wildman–Crippen MR) is 59.2 cm³/mol. The molecule has 0 aliphatic carbocycles. The highest BCUT2D eigenvalue weighted by Crippen LogP contribution is 2.22. The Morgan fingerprint density at radius 1 is 1.44 bits per heavy atom. The van der Waals surface area contributed by atoms with Crippen LogP contribution in [0.15, 0.2) is 15.9 Å². The molecule has 0 fully saturated rings. The average Bonchev–Trinajstić information content (AvgIpc) is 2.57. The van der Waals surface area contributed by atoms with E-state index in [0.717, 1.165) is 8.66 Å². The van der Waals surface area contributed by atoms with Crippen molar-refractivity contribution in [3.8, 4) is 0 Å².